The third-order valence-corrected chi connectivity index (χ3v) is 3.29. The van der Waals surface area contributed by atoms with Crippen LogP contribution in [0.15, 0.2) is 42.5 Å². The summed E-state index contributed by atoms with van der Waals surface area (Å²) in [6.07, 6.45) is 0. The molecule has 1 unspecified atom stereocenters. The second-order valence-corrected chi connectivity index (χ2v) is 4.65. The van der Waals surface area contributed by atoms with Crippen LogP contribution in [-0.2, 0) is 4.79 Å². The maximum atomic E-state index is 11.2. The molecule has 1 atom stereocenters. The lowest BCUT2D eigenvalue weighted by Crippen LogP contribution is -2.52. The fraction of sp³-hybridized carbons (Fsp3) is 0.267. The monoisotopic (exact) mass is 259 g/mol. The molecule has 0 amide bonds. The van der Waals surface area contributed by atoms with Crippen molar-refractivity contribution in [3.8, 4) is 5.75 Å². The summed E-state index contributed by atoms with van der Waals surface area (Å²) in [5.74, 6) is -0.240. The zero-order valence-electron chi connectivity index (χ0n) is 11.0. The minimum Gasteiger partial charge on any atom is -0.490 e. The number of hydrogen-bond acceptors (Lipinski definition) is 3. The number of ether oxygens (including phenoxy) is 1. The van der Waals surface area contributed by atoms with Crippen LogP contribution >= 0.6 is 0 Å². The average Bonchev–Trinajstić information content (AvgIpc) is 2.44. The Labute approximate surface area is 112 Å². The molecule has 19 heavy (non-hydrogen) atoms. The first kappa shape index (κ1) is 13.4. The molecule has 2 aromatic carbocycles. The topological polar surface area (TPSA) is 58.6 Å². The molecule has 0 aliphatic heterocycles. The van der Waals surface area contributed by atoms with E-state index in [4.69, 9.17) is 4.74 Å². The van der Waals surface area contributed by atoms with Crippen molar-refractivity contribution in [1.82, 2.24) is 5.32 Å². The Hall–Kier alpha value is -2.07. The molecule has 0 aliphatic carbocycles. The van der Waals surface area contributed by atoms with E-state index in [0.29, 0.717) is 5.75 Å². The largest absolute Gasteiger partial charge is 0.490 e. The van der Waals surface area contributed by atoms with Gasteiger partial charge in [-0.05, 0) is 25.4 Å². The molecule has 2 rings (SSSR count). The first-order valence-corrected chi connectivity index (χ1v) is 6.10. The summed E-state index contributed by atoms with van der Waals surface area (Å²) < 4.78 is 5.69. The van der Waals surface area contributed by atoms with Gasteiger partial charge in [0.15, 0.2) is 0 Å². The van der Waals surface area contributed by atoms with Gasteiger partial charge in [-0.15, -0.1) is 0 Å². The second kappa shape index (κ2) is 5.28. The summed E-state index contributed by atoms with van der Waals surface area (Å²) in [6, 6.07) is 13.6. The van der Waals surface area contributed by atoms with Crippen LogP contribution in [0.25, 0.3) is 10.8 Å². The number of benzene rings is 2. The minimum atomic E-state index is -1.10. The summed E-state index contributed by atoms with van der Waals surface area (Å²) in [5.41, 5.74) is -1.10. The molecule has 0 radical (unpaired) electrons. The third kappa shape index (κ3) is 2.69. The van der Waals surface area contributed by atoms with E-state index < -0.39 is 11.5 Å². The molecule has 0 aliphatic rings. The first-order valence-electron chi connectivity index (χ1n) is 6.10. The van der Waals surface area contributed by atoms with Gasteiger partial charge in [0.2, 0.25) is 0 Å². The van der Waals surface area contributed by atoms with Crippen molar-refractivity contribution >= 4 is 16.7 Å². The van der Waals surface area contributed by atoms with Gasteiger partial charge in [-0.1, -0.05) is 36.4 Å². The van der Waals surface area contributed by atoms with Crippen molar-refractivity contribution in [2.45, 2.75) is 12.5 Å². The van der Waals surface area contributed by atoms with Gasteiger partial charge < -0.3 is 15.2 Å². The standard InChI is InChI=1S/C15H17NO3/c1-15(16-2,14(17)18)10-19-13-9-5-7-11-6-3-4-8-12(11)13/h3-9,16H,10H2,1-2H3,(H,17,18). The molecule has 2 N–H and O–H groups in total. The number of rotatable bonds is 5. The van der Waals surface area contributed by atoms with Crippen LogP contribution in [0.5, 0.6) is 5.75 Å². The lowest BCUT2D eigenvalue weighted by atomic mass is 10.0. The van der Waals surface area contributed by atoms with Crippen LogP contribution in [0, 0.1) is 0 Å². The lowest BCUT2D eigenvalue weighted by Gasteiger charge is -2.24. The van der Waals surface area contributed by atoms with Gasteiger partial charge in [0.1, 0.15) is 17.9 Å². The molecule has 0 saturated carbocycles. The Kier molecular flexibility index (Phi) is 3.71. The van der Waals surface area contributed by atoms with E-state index >= 15 is 0 Å². The number of carbonyl (C=O) groups is 1. The minimum absolute atomic E-state index is 0.0623. The molecule has 100 valence electrons. The Bertz CT molecular complexity index is 591. The van der Waals surface area contributed by atoms with Gasteiger partial charge in [0, 0.05) is 5.39 Å². The number of carboxylic acids is 1. The van der Waals surface area contributed by atoms with E-state index in [1.807, 2.05) is 42.5 Å². The summed E-state index contributed by atoms with van der Waals surface area (Å²) >= 11 is 0. The van der Waals surface area contributed by atoms with Gasteiger partial charge in [0.25, 0.3) is 0 Å². The van der Waals surface area contributed by atoms with Gasteiger partial charge in [0.05, 0.1) is 0 Å². The SMILES string of the molecule is CNC(C)(COc1cccc2ccccc12)C(=O)O. The summed E-state index contributed by atoms with van der Waals surface area (Å²) in [5, 5.41) is 14.0. The zero-order valence-corrected chi connectivity index (χ0v) is 11.0. The zero-order chi connectivity index (χ0) is 13.9. The molecule has 2 aromatic rings. The number of likely N-dealkylation sites (N-methyl/N-ethyl adjacent to an activating group) is 1. The van der Waals surface area contributed by atoms with E-state index in [-0.39, 0.29) is 6.61 Å². The van der Waals surface area contributed by atoms with E-state index in [1.54, 1.807) is 14.0 Å². The van der Waals surface area contributed by atoms with Crippen molar-refractivity contribution in [2.24, 2.45) is 0 Å². The molecule has 0 heterocycles. The molecule has 0 aromatic heterocycles. The number of hydrogen-bond donors (Lipinski definition) is 2. The van der Waals surface area contributed by atoms with Crippen molar-refractivity contribution in [1.29, 1.82) is 0 Å². The van der Waals surface area contributed by atoms with Crippen molar-refractivity contribution in [3.05, 3.63) is 42.5 Å². The predicted molar refractivity (Wildman–Crippen MR) is 74.5 cm³/mol. The quantitative estimate of drug-likeness (QED) is 0.865. The van der Waals surface area contributed by atoms with E-state index in [2.05, 4.69) is 5.32 Å². The highest BCUT2D eigenvalue weighted by atomic mass is 16.5. The maximum absolute atomic E-state index is 11.2. The third-order valence-electron chi connectivity index (χ3n) is 3.29. The van der Waals surface area contributed by atoms with Gasteiger partial charge in [-0.3, -0.25) is 4.79 Å². The molecule has 0 fully saturated rings. The average molecular weight is 259 g/mol. The second-order valence-electron chi connectivity index (χ2n) is 4.65. The van der Waals surface area contributed by atoms with Crippen LogP contribution in [0.3, 0.4) is 0 Å². The van der Waals surface area contributed by atoms with Crippen molar-refractivity contribution in [2.75, 3.05) is 13.7 Å². The van der Waals surface area contributed by atoms with Crippen LogP contribution < -0.4 is 10.1 Å². The van der Waals surface area contributed by atoms with Gasteiger partial charge >= 0.3 is 5.97 Å². The van der Waals surface area contributed by atoms with Crippen molar-refractivity contribution in [3.63, 3.8) is 0 Å². The highest BCUT2D eigenvalue weighted by Gasteiger charge is 2.32. The molecule has 0 spiro atoms. The van der Waals surface area contributed by atoms with Gasteiger partial charge in [-0.2, -0.15) is 0 Å². The Balaban J connectivity index is 2.25. The van der Waals surface area contributed by atoms with Crippen LogP contribution in [0.2, 0.25) is 0 Å². The van der Waals surface area contributed by atoms with Crippen LogP contribution in [-0.4, -0.2) is 30.3 Å². The molecule has 0 saturated heterocycles. The Morgan fingerprint density at radius 2 is 1.95 bits per heavy atom. The smallest absolute Gasteiger partial charge is 0.327 e. The van der Waals surface area contributed by atoms with Crippen LogP contribution in [0.1, 0.15) is 6.92 Å². The Morgan fingerprint density at radius 1 is 1.26 bits per heavy atom. The number of fused-ring (bicyclic) bond motifs is 1. The normalized spacial score (nSPS) is 14.0. The molecule has 0 bridgehead atoms. The maximum Gasteiger partial charge on any atom is 0.327 e. The number of nitrogens with one attached hydrogen (secondary N) is 1. The Morgan fingerprint density at radius 3 is 2.63 bits per heavy atom. The number of aliphatic carboxylic acids is 1. The molecule has 4 nitrogen and oxygen atoms in total. The van der Waals surface area contributed by atoms with Crippen LogP contribution in [0.4, 0.5) is 0 Å². The number of carboxylic acid groups (broad SMARTS) is 1. The first-order chi connectivity index (χ1) is 9.07. The van der Waals surface area contributed by atoms with E-state index in [9.17, 15) is 9.90 Å². The highest BCUT2D eigenvalue weighted by Crippen LogP contribution is 2.25. The fourth-order valence-electron chi connectivity index (χ4n) is 1.78. The summed E-state index contributed by atoms with van der Waals surface area (Å²) in [7, 11) is 1.61. The highest BCUT2D eigenvalue weighted by molar-refractivity contribution is 5.88. The summed E-state index contributed by atoms with van der Waals surface area (Å²) in [4.78, 5) is 11.2. The molecular formula is C15H17NO3. The predicted octanol–water partition coefficient (Wildman–Crippen LogP) is 2.28. The fourth-order valence-corrected chi connectivity index (χ4v) is 1.78. The lowest BCUT2D eigenvalue weighted by molar-refractivity contribution is -0.145. The van der Waals surface area contributed by atoms with E-state index in [0.717, 1.165) is 10.8 Å². The van der Waals surface area contributed by atoms with E-state index in [1.165, 1.54) is 0 Å². The van der Waals surface area contributed by atoms with Gasteiger partial charge in [-0.25, -0.2) is 0 Å². The molecule has 4 heteroatoms. The van der Waals surface area contributed by atoms with Crippen molar-refractivity contribution < 1.29 is 14.6 Å². The molecular weight excluding hydrogens is 242 g/mol. The summed E-state index contributed by atoms with van der Waals surface area (Å²) in [6.45, 7) is 1.66.